The number of rotatable bonds is 4. The first kappa shape index (κ1) is 22.8. The Labute approximate surface area is 187 Å². The monoisotopic (exact) mass is 431 g/mol. The van der Waals surface area contributed by atoms with Gasteiger partial charge < -0.3 is 19.8 Å². The minimum atomic E-state index is -1.83. The first-order chi connectivity index (χ1) is 15.3. The fourth-order valence-electron chi connectivity index (χ4n) is 4.57. The minimum Gasteiger partial charge on any atom is -0.491 e. The maximum absolute atomic E-state index is 12.4. The number of benzene rings is 1. The first-order valence-electron chi connectivity index (χ1n) is 10.5. The third-order valence-corrected chi connectivity index (χ3v) is 5.93. The molecule has 1 unspecified atom stereocenters. The van der Waals surface area contributed by atoms with Gasteiger partial charge in [-0.05, 0) is 44.0 Å². The van der Waals surface area contributed by atoms with E-state index < -0.39 is 29.3 Å². The summed E-state index contributed by atoms with van der Waals surface area (Å²) in [5.41, 5.74) is -0.705. The molecule has 3 rings (SSSR count). The predicted octanol–water partition coefficient (Wildman–Crippen LogP) is 3.78. The van der Waals surface area contributed by atoms with Gasteiger partial charge >= 0.3 is 6.09 Å². The van der Waals surface area contributed by atoms with Crippen LogP contribution in [0.3, 0.4) is 0 Å². The van der Waals surface area contributed by atoms with E-state index in [1.807, 2.05) is 26.0 Å². The molecule has 1 N–H and O–H groups in total. The summed E-state index contributed by atoms with van der Waals surface area (Å²) < 4.78 is 10.8. The summed E-state index contributed by atoms with van der Waals surface area (Å²) in [6.45, 7) is 6.21. The second-order valence-corrected chi connectivity index (χ2v) is 8.14. The van der Waals surface area contributed by atoms with Gasteiger partial charge in [0.05, 0.1) is 36.6 Å². The molecule has 1 aromatic carbocycles. The number of hydrogen-bond donors (Lipinski definition) is 1. The highest BCUT2D eigenvalue weighted by Gasteiger charge is 2.58. The van der Waals surface area contributed by atoms with Gasteiger partial charge in [0.15, 0.2) is 5.41 Å². The number of carbonyl (C=O) groups is 1. The highest BCUT2D eigenvalue weighted by atomic mass is 16.6. The molecule has 1 amide bonds. The molecule has 1 saturated carbocycles. The largest absolute Gasteiger partial charge is 0.491 e. The van der Waals surface area contributed by atoms with Crippen LogP contribution in [0.15, 0.2) is 35.9 Å². The number of nitrogens with one attached hydrogen (secondary N) is 1. The standard InChI is InChI=1S/C24H25N5O3/c1-4-31-23(30)29-10-9-18-19(11-25)22(28)24(13-26,14-27)21(20(18)12-29)16-5-7-17(8-6-16)32-15(2)3/h5-9,15,19-21,28H,4,10,12H2,1-3H3/t19?,20-,21+/m0/s1. The predicted molar refractivity (Wildman–Crippen MR) is 116 cm³/mol. The zero-order valence-corrected chi connectivity index (χ0v) is 18.3. The summed E-state index contributed by atoms with van der Waals surface area (Å²) in [7, 11) is 0. The number of fused-ring (bicyclic) bond motifs is 1. The zero-order valence-electron chi connectivity index (χ0n) is 18.3. The summed E-state index contributed by atoms with van der Waals surface area (Å²) in [4.78, 5) is 13.9. The van der Waals surface area contributed by atoms with E-state index in [0.717, 1.165) is 0 Å². The molecule has 0 saturated heterocycles. The zero-order chi connectivity index (χ0) is 23.5. The average molecular weight is 431 g/mol. The van der Waals surface area contributed by atoms with Crippen molar-refractivity contribution in [3.05, 3.63) is 41.5 Å². The van der Waals surface area contributed by atoms with Crippen molar-refractivity contribution in [2.75, 3.05) is 19.7 Å². The number of amides is 1. The molecule has 1 fully saturated rings. The van der Waals surface area contributed by atoms with Gasteiger partial charge in [0.2, 0.25) is 0 Å². The normalized spacial score (nSPS) is 23.8. The van der Waals surface area contributed by atoms with Crippen molar-refractivity contribution >= 4 is 11.8 Å². The molecule has 3 atom stereocenters. The summed E-state index contributed by atoms with van der Waals surface area (Å²) >= 11 is 0. The van der Waals surface area contributed by atoms with Crippen LogP contribution in [0.5, 0.6) is 5.75 Å². The summed E-state index contributed by atoms with van der Waals surface area (Å²) in [6, 6.07) is 13.3. The second-order valence-electron chi connectivity index (χ2n) is 8.14. The molecule has 164 valence electrons. The Kier molecular flexibility index (Phi) is 6.51. The lowest BCUT2D eigenvalue weighted by molar-refractivity contribution is 0.0992. The van der Waals surface area contributed by atoms with Crippen LogP contribution in [0.1, 0.15) is 32.3 Å². The Balaban J connectivity index is 2.13. The van der Waals surface area contributed by atoms with Gasteiger partial charge in [-0.1, -0.05) is 18.2 Å². The van der Waals surface area contributed by atoms with Crippen molar-refractivity contribution in [3.8, 4) is 24.0 Å². The van der Waals surface area contributed by atoms with Crippen LogP contribution in [-0.2, 0) is 4.74 Å². The molecular weight excluding hydrogens is 406 g/mol. The molecule has 1 aromatic rings. The van der Waals surface area contributed by atoms with Crippen LogP contribution < -0.4 is 4.74 Å². The molecule has 1 heterocycles. The van der Waals surface area contributed by atoms with Crippen LogP contribution >= 0.6 is 0 Å². The number of nitrogens with zero attached hydrogens (tertiary/aromatic N) is 4. The maximum Gasteiger partial charge on any atom is 0.410 e. The number of ether oxygens (including phenoxy) is 2. The van der Waals surface area contributed by atoms with Gasteiger partial charge in [-0.15, -0.1) is 0 Å². The summed E-state index contributed by atoms with van der Waals surface area (Å²) in [5.74, 6) is -1.55. The Bertz CT molecular complexity index is 1040. The van der Waals surface area contributed by atoms with Gasteiger partial charge in [-0.2, -0.15) is 15.8 Å². The van der Waals surface area contributed by atoms with Gasteiger partial charge in [-0.25, -0.2) is 4.79 Å². The third-order valence-electron chi connectivity index (χ3n) is 5.93. The van der Waals surface area contributed by atoms with Crippen LogP contribution in [-0.4, -0.2) is 42.5 Å². The highest BCUT2D eigenvalue weighted by molar-refractivity contribution is 6.01. The van der Waals surface area contributed by atoms with Crippen molar-refractivity contribution in [1.29, 1.82) is 21.2 Å². The molecule has 1 aliphatic heterocycles. The van der Waals surface area contributed by atoms with E-state index in [1.54, 1.807) is 37.3 Å². The quantitative estimate of drug-likeness (QED) is 0.721. The number of hydrogen-bond acceptors (Lipinski definition) is 7. The maximum atomic E-state index is 12.4. The van der Waals surface area contributed by atoms with Crippen LogP contribution in [0, 0.1) is 56.7 Å². The molecule has 1 aliphatic carbocycles. The molecule has 8 heteroatoms. The first-order valence-corrected chi connectivity index (χ1v) is 10.5. The molecule has 0 aromatic heterocycles. The van der Waals surface area contributed by atoms with Crippen molar-refractivity contribution < 1.29 is 14.3 Å². The van der Waals surface area contributed by atoms with Crippen molar-refractivity contribution in [2.24, 2.45) is 17.3 Å². The molecule has 0 spiro atoms. The van der Waals surface area contributed by atoms with E-state index in [4.69, 9.17) is 14.9 Å². The SMILES string of the molecule is CCOC(=O)N1CC=C2C(C#N)C(=N)C(C#N)(C#N)[C@H](c3ccc(OC(C)C)cc3)[C@H]2C1. The smallest absolute Gasteiger partial charge is 0.410 e. The summed E-state index contributed by atoms with van der Waals surface area (Å²) in [6.07, 6.45) is 1.26. The van der Waals surface area contributed by atoms with Crippen molar-refractivity contribution in [1.82, 2.24) is 4.90 Å². The second kappa shape index (κ2) is 9.12. The van der Waals surface area contributed by atoms with Crippen molar-refractivity contribution in [2.45, 2.75) is 32.8 Å². The van der Waals surface area contributed by atoms with E-state index in [9.17, 15) is 20.6 Å². The summed E-state index contributed by atoms with van der Waals surface area (Å²) in [5, 5.41) is 38.7. The number of nitriles is 3. The number of carbonyl (C=O) groups excluding carboxylic acids is 1. The van der Waals surface area contributed by atoms with Gasteiger partial charge in [0.1, 0.15) is 11.7 Å². The van der Waals surface area contributed by atoms with Gasteiger partial charge in [0.25, 0.3) is 0 Å². The van der Waals surface area contributed by atoms with E-state index in [2.05, 4.69) is 6.07 Å². The molecule has 0 bridgehead atoms. The topological polar surface area (TPSA) is 134 Å². The molecule has 0 radical (unpaired) electrons. The Morgan fingerprint density at radius 2 is 1.91 bits per heavy atom. The highest BCUT2D eigenvalue weighted by Crippen LogP contribution is 2.53. The van der Waals surface area contributed by atoms with Gasteiger partial charge in [-0.3, -0.25) is 0 Å². The van der Waals surface area contributed by atoms with Crippen molar-refractivity contribution in [3.63, 3.8) is 0 Å². The fourth-order valence-corrected chi connectivity index (χ4v) is 4.57. The molecular formula is C24H25N5O3. The van der Waals surface area contributed by atoms with Gasteiger partial charge in [0, 0.05) is 24.9 Å². The fraction of sp³-hybridized carbons (Fsp3) is 0.458. The third kappa shape index (κ3) is 3.79. The lowest BCUT2D eigenvalue weighted by Crippen LogP contribution is -2.53. The van der Waals surface area contributed by atoms with Crippen LogP contribution in [0.2, 0.25) is 0 Å². The molecule has 8 nitrogen and oxygen atoms in total. The van der Waals surface area contributed by atoms with E-state index in [-0.39, 0.29) is 31.5 Å². The van der Waals surface area contributed by atoms with Crippen LogP contribution in [0.25, 0.3) is 0 Å². The van der Waals surface area contributed by atoms with E-state index in [0.29, 0.717) is 16.9 Å². The Morgan fingerprint density at radius 1 is 1.25 bits per heavy atom. The van der Waals surface area contributed by atoms with E-state index >= 15 is 0 Å². The minimum absolute atomic E-state index is 0.0107. The Hall–Kier alpha value is -3.83. The lowest BCUT2D eigenvalue weighted by atomic mass is 9.54. The van der Waals surface area contributed by atoms with Crippen LogP contribution in [0.4, 0.5) is 4.79 Å². The molecule has 32 heavy (non-hydrogen) atoms. The lowest BCUT2D eigenvalue weighted by Gasteiger charge is -2.47. The Morgan fingerprint density at radius 3 is 2.44 bits per heavy atom. The average Bonchev–Trinajstić information content (AvgIpc) is 2.78. The molecule has 2 aliphatic rings. The van der Waals surface area contributed by atoms with E-state index in [1.165, 1.54) is 4.90 Å².